The first-order valence-corrected chi connectivity index (χ1v) is 9.33. The maximum atomic E-state index is 9.43. The van der Waals surface area contributed by atoms with Crippen LogP contribution in [0.2, 0.25) is 0 Å². The van der Waals surface area contributed by atoms with Gasteiger partial charge in [-0.05, 0) is 18.6 Å². The van der Waals surface area contributed by atoms with Gasteiger partial charge in [-0.3, -0.25) is 0 Å². The molecule has 0 saturated carbocycles. The van der Waals surface area contributed by atoms with E-state index in [2.05, 4.69) is 6.92 Å². The lowest BCUT2D eigenvalue weighted by molar-refractivity contribution is 0.152. The highest BCUT2D eigenvalue weighted by Crippen LogP contribution is 2.13. The van der Waals surface area contributed by atoms with Gasteiger partial charge in [0.1, 0.15) is 0 Å². The van der Waals surface area contributed by atoms with Crippen molar-refractivity contribution in [2.45, 2.75) is 83.7 Å². The Hall–Kier alpha value is 0.270. The highest BCUT2D eigenvalue weighted by molar-refractivity contribution is 7.99. The second-order valence-electron chi connectivity index (χ2n) is 5.42. The normalized spacial score (nSPS) is 12.8. The monoisotopic (exact) mass is 290 g/mol. The quantitative estimate of drug-likeness (QED) is 0.440. The summed E-state index contributed by atoms with van der Waals surface area (Å²) in [6.45, 7) is 2.36. The summed E-state index contributed by atoms with van der Waals surface area (Å²) in [6, 6.07) is 0. The molecule has 0 aliphatic rings. The second-order valence-corrected chi connectivity index (χ2v) is 6.57. The summed E-state index contributed by atoms with van der Waals surface area (Å²) < 4.78 is 0. The van der Waals surface area contributed by atoms with Gasteiger partial charge in [0.2, 0.25) is 0 Å². The van der Waals surface area contributed by atoms with Crippen LogP contribution in [0.4, 0.5) is 0 Å². The van der Waals surface area contributed by atoms with E-state index in [1.807, 2.05) is 11.8 Å². The van der Waals surface area contributed by atoms with E-state index in [1.54, 1.807) is 0 Å². The number of thioether (sulfide) groups is 1. The maximum Gasteiger partial charge on any atom is 0.0652 e. The van der Waals surface area contributed by atoms with Crippen molar-refractivity contribution in [1.82, 2.24) is 0 Å². The Bertz CT molecular complexity index is 165. The van der Waals surface area contributed by atoms with Gasteiger partial charge in [-0.1, -0.05) is 64.7 Å². The Balaban J connectivity index is 2.99. The SMILES string of the molecule is CCCCCCCCCCCCSCC(O)CCO. The van der Waals surface area contributed by atoms with Crippen LogP contribution in [0.25, 0.3) is 0 Å². The first-order chi connectivity index (χ1) is 9.31. The van der Waals surface area contributed by atoms with Crippen molar-refractivity contribution < 1.29 is 10.2 Å². The zero-order valence-corrected chi connectivity index (χ0v) is 13.6. The highest BCUT2D eigenvalue weighted by atomic mass is 32.2. The zero-order valence-electron chi connectivity index (χ0n) is 12.8. The summed E-state index contributed by atoms with van der Waals surface area (Å²) in [6.07, 6.45) is 14.0. The Morgan fingerprint density at radius 1 is 0.842 bits per heavy atom. The minimum atomic E-state index is -0.321. The molecule has 0 fully saturated rings. The van der Waals surface area contributed by atoms with Crippen molar-refractivity contribution in [3.63, 3.8) is 0 Å². The van der Waals surface area contributed by atoms with E-state index in [0.717, 1.165) is 11.5 Å². The Morgan fingerprint density at radius 3 is 1.89 bits per heavy atom. The standard InChI is InChI=1S/C16H34O2S/c1-2-3-4-5-6-7-8-9-10-11-14-19-15-16(18)12-13-17/h16-18H,2-15H2,1H3. The molecule has 3 heteroatoms. The Morgan fingerprint density at radius 2 is 1.37 bits per heavy atom. The molecule has 19 heavy (non-hydrogen) atoms. The van der Waals surface area contributed by atoms with Crippen molar-refractivity contribution in [3.8, 4) is 0 Å². The minimum Gasteiger partial charge on any atom is -0.396 e. The molecule has 0 aromatic heterocycles. The van der Waals surface area contributed by atoms with Crippen molar-refractivity contribution in [1.29, 1.82) is 0 Å². The van der Waals surface area contributed by atoms with Gasteiger partial charge in [0.05, 0.1) is 6.10 Å². The molecule has 0 aromatic carbocycles. The number of aliphatic hydroxyl groups is 2. The molecule has 0 aliphatic carbocycles. The van der Waals surface area contributed by atoms with Crippen LogP contribution in [0.15, 0.2) is 0 Å². The van der Waals surface area contributed by atoms with Gasteiger partial charge in [0.15, 0.2) is 0 Å². The molecule has 0 rings (SSSR count). The molecule has 1 atom stereocenters. The van der Waals surface area contributed by atoms with E-state index >= 15 is 0 Å². The number of hydrogen-bond acceptors (Lipinski definition) is 3. The van der Waals surface area contributed by atoms with E-state index in [0.29, 0.717) is 6.42 Å². The molecular weight excluding hydrogens is 256 g/mol. The van der Waals surface area contributed by atoms with Gasteiger partial charge in [0.25, 0.3) is 0 Å². The summed E-state index contributed by atoms with van der Waals surface area (Å²) in [5, 5.41) is 18.1. The number of unbranched alkanes of at least 4 members (excludes halogenated alkanes) is 9. The third kappa shape index (κ3) is 16.2. The first kappa shape index (κ1) is 19.3. The van der Waals surface area contributed by atoms with Crippen LogP contribution in [-0.2, 0) is 0 Å². The fraction of sp³-hybridized carbons (Fsp3) is 1.00. The van der Waals surface area contributed by atoms with Gasteiger partial charge in [0, 0.05) is 12.4 Å². The average molecular weight is 291 g/mol. The molecular formula is C16H34O2S. The molecule has 2 N–H and O–H groups in total. The van der Waals surface area contributed by atoms with Crippen molar-refractivity contribution >= 4 is 11.8 Å². The number of rotatable bonds is 15. The van der Waals surface area contributed by atoms with Gasteiger partial charge >= 0.3 is 0 Å². The van der Waals surface area contributed by atoms with Crippen LogP contribution in [0.1, 0.15) is 77.6 Å². The van der Waals surface area contributed by atoms with Crippen LogP contribution >= 0.6 is 11.8 Å². The zero-order chi connectivity index (χ0) is 14.2. The molecule has 2 nitrogen and oxygen atoms in total. The van der Waals surface area contributed by atoms with Crippen LogP contribution in [0, 0.1) is 0 Å². The van der Waals surface area contributed by atoms with Gasteiger partial charge in [-0.15, -0.1) is 0 Å². The van der Waals surface area contributed by atoms with E-state index in [1.165, 1.54) is 64.2 Å². The summed E-state index contributed by atoms with van der Waals surface area (Å²) in [4.78, 5) is 0. The van der Waals surface area contributed by atoms with Crippen molar-refractivity contribution in [2.24, 2.45) is 0 Å². The molecule has 0 aromatic rings. The van der Waals surface area contributed by atoms with Gasteiger partial charge < -0.3 is 10.2 Å². The Kier molecular flexibility index (Phi) is 16.6. The van der Waals surface area contributed by atoms with E-state index in [-0.39, 0.29) is 12.7 Å². The number of aliphatic hydroxyl groups excluding tert-OH is 2. The van der Waals surface area contributed by atoms with Gasteiger partial charge in [-0.2, -0.15) is 11.8 Å². The van der Waals surface area contributed by atoms with Crippen LogP contribution in [-0.4, -0.2) is 34.4 Å². The smallest absolute Gasteiger partial charge is 0.0652 e. The molecule has 0 heterocycles. The van der Waals surface area contributed by atoms with Gasteiger partial charge in [-0.25, -0.2) is 0 Å². The predicted molar refractivity (Wildman–Crippen MR) is 86.9 cm³/mol. The van der Waals surface area contributed by atoms with E-state index in [9.17, 15) is 5.11 Å². The lowest BCUT2D eigenvalue weighted by Gasteiger charge is -2.08. The number of hydrogen-bond donors (Lipinski definition) is 2. The van der Waals surface area contributed by atoms with Crippen LogP contribution in [0.3, 0.4) is 0 Å². The molecule has 0 bridgehead atoms. The molecule has 0 amide bonds. The van der Waals surface area contributed by atoms with Crippen molar-refractivity contribution in [2.75, 3.05) is 18.1 Å². The van der Waals surface area contributed by atoms with E-state index in [4.69, 9.17) is 5.11 Å². The highest BCUT2D eigenvalue weighted by Gasteiger charge is 2.02. The molecule has 116 valence electrons. The Labute approximate surface area is 124 Å². The molecule has 1 unspecified atom stereocenters. The second kappa shape index (κ2) is 16.3. The minimum absolute atomic E-state index is 0.0972. The summed E-state index contributed by atoms with van der Waals surface area (Å²) >= 11 is 1.82. The van der Waals surface area contributed by atoms with Crippen molar-refractivity contribution in [3.05, 3.63) is 0 Å². The summed E-state index contributed by atoms with van der Waals surface area (Å²) in [7, 11) is 0. The molecule has 0 aliphatic heterocycles. The lowest BCUT2D eigenvalue weighted by Crippen LogP contribution is -2.11. The summed E-state index contributed by atoms with van der Waals surface area (Å²) in [5.74, 6) is 1.93. The first-order valence-electron chi connectivity index (χ1n) is 8.18. The van der Waals surface area contributed by atoms with Crippen LogP contribution < -0.4 is 0 Å². The maximum absolute atomic E-state index is 9.43. The summed E-state index contributed by atoms with van der Waals surface area (Å²) in [5.41, 5.74) is 0. The predicted octanol–water partition coefficient (Wildman–Crippen LogP) is 4.38. The fourth-order valence-corrected chi connectivity index (χ4v) is 3.16. The van der Waals surface area contributed by atoms with E-state index < -0.39 is 0 Å². The third-order valence-electron chi connectivity index (χ3n) is 3.41. The topological polar surface area (TPSA) is 40.5 Å². The molecule has 0 saturated heterocycles. The third-order valence-corrected chi connectivity index (χ3v) is 4.61. The fourth-order valence-electron chi connectivity index (χ4n) is 2.14. The lowest BCUT2D eigenvalue weighted by atomic mass is 10.1. The average Bonchev–Trinajstić information content (AvgIpc) is 2.40. The van der Waals surface area contributed by atoms with Crippen LogP contribution in [0.5, 0.6) is 0 Å². The molecule has 0 spiro atoms. The largest absolute Gasteiger partial charge is 0.396 e. The molecule has 0 radical (unpaired) electrons.